The van der Waals surface area contributed by atoms with Crippen LogP contribution in [-0.4, -0.2) is 54.7 Å². The summed E-state index contributed by atoms with van der Waals surface area (Å²) in [7, 11) is -3.84. The number of carbonyl (C=O) groups excluding carboxylic acids is 1. The number of hydrogen-bond acceptors (Lipinski definition) is 3. The molecule has 9 heteroatoms. The molecule has 2 aromatic carbocycles. The van der Waals surface area contributed by atoms with Crippen LogP contribution >= 0.6 is 23.2 Å². The summed E-state index contributed by atoms with van der Waals surface area (Å²) >= 11 is 12.2. The number of sulfonamides is 1. The van der Waals surface area contributed by atoms with Crippen LogP contribution in [-0.2, 0) is 10.0 Å². The van der Waals surface area contributed by atoms with Gasteiger partial charge in [-0.1, -0.05) is 29.3 Å². The minimum absolute atomic E-state index is 0.0862. The number of aromatic nitrogens is 1. The smallest absolute Gasteiger partial charge is 0.253 e. The van der Waals surface area contributed by atoms with Gasteiger partial charge in [0.25, 0.3) is 5.91 Å². The molecule has 1 saturated heterocycles. The molecule has 6 nitrogen and oxygen atoms in total. The fraction of sp³-hybridized carbons (Fsp3) is 0.286. The number of H-pyrrole nitrogens is 1. The SMILES string of the molecule is Cc1[nH]c2ccc(C(=O)N3CCN(S(=O)(=O)c4c(Cl)cccc4Cl)CC3)cc2c1C. The molecule has 30 heavy (non-hydrogen) atoms. The van der Waals surface area contributed by atoms with E-state index in [0.29, 0.717) is 18.7 Å². The van der Waals surface area contributed by atoms with Crippen molar-refractivity contribution in [1.82, 2.24) is 14.2 Å². The number of halogens is 2. The number of amides is 1. The molecular formula is C21H21Cl2N3O3S. The Morgan fingerprint density at radius 2 is 1.63 bits per heavy atom. The maximum atomic E-state index is 13.0. The fourth-order valence-electron chi connectivity index (χ4n) is 3.77. The quantitative estimate of drug-likeness (QED) is 0.628. The summed E-state index contributed by atoms with van der Waals surface area (Å²) in [6.45, 7) is 4.97. The van der Waals surface area contributed by atoms with Crippen molar-refractivity contribution in [2.45, 2.75) is 18.7 Å². The van der Waals surface area contributed by atoms with E-state index in [2.05, 4.69) is 4.98 Å². The molecule has 0 aliphatic carbocycles. The summed E-state index contributed by atoms with van der Waals surface area (Å²) < 4.78 is 27.3. The minimum atomic E-state index is -3.84. The molecule has 3 aromatic rings. The number of nitrogens with zero attached hydrogens (tertiary/aromatic N) is 2. The second-order valence-corrected chi connectivity index (χ2v) is 10.1. The average molecular weight is 466 g/mol. The fourth-order valence-corrected chi connectivity index (χ4v) is 6.28. The summed E-state index contributed by atoms with van der Waals surface area (Å²) in [5.41, 5.74) is 3.78. The van der Waals surface area contributed by atoms with Gasteiger partial charge in [0.2, 0.25) is 10.0 Å². The molecule has 0 unspecified atom stereocenters. The first-order valence-corrected chi connectivity index (χ1v) is 11.7. The molecule has 1 aromatic heterocycles. The van der Waals surface area contributed by atoms with E-state index >= 15 is 0 Å². The third-order valence-electron chi connectivity index (χ3n) is 5.60. The molecule has 0 bridgehead atoms. The van der Waals surface area contributed by atoms with Gasteiger partial charge < -0.3 is 9.88 Å². The zero-order chi connectivity index (χ0) is 21.6. The van der Waals surface area contributed by atoms with Crippen LogP contribution < -0.4 is 0 Å². The summed E-state index contributed by atoms with van der Waals surface area (Å²) in [5.74, 6) is -0.108. The van der Waals surface area contributed by atoms with E-state index < -0.39 is 10.0 Å². The second-order valence-electron chi connectivity index (χ2n) is 7.38. The van der Waals surface area contributed by atoms with Gasteiger partial charge in [0.05, 0.1) is 10.0 Å². The van der Waals surface area contributed by atoms with Crippen LogP contribution in [0.15, 0.2) is 41.3 Å². The number of benzene rings is 2. The van der Waals surface area contributed by atoms with Crippen LogP contribution in [0.2, 0.25) is 10.0 Å². The molecule has 0 radical (unpaired) electrons. The molecule has 1 aliphatic heterocycles. The van der Waals surface area contributed by atoms with Crippen LogP contribution in [0.3, 0.4) is 0 Å². The van der Waals surface area contributed by atoms with Gasteiger partial charge in [-0.2, -0.15) is 4.31 Å². The van der Waals surface area contributed by atoms with E-state index in [1.165, 1.54) is 16.4 Å². The molecule has 4 rings (SSSR count). The van der Waals surface area contributed by atoms with Crippen LogP contribution in [0.1, 0.15) is 21.6 Å². The van der Waals surface area contributed by atoms with Gasteiger partial charge in [-0.25, -0.2) is 8.42 Å². The van der Waals surface area contributed by atoms with E-state index in [4.69, 9.17) is 23.2 Å². The van der Waals surface area contributed by atoms with Gasteiger partial charge >= 0.3 is 0 Å². The Hall–Kier alpha value is -2.06. The molecule has 2 heterocycles. The molecule has 0 atom stereocenters. The van der Waals surface area contributed by atoms with Gasteiger partial charge in [-0.05, 0) is 49.7 Å². The van der Waals surface area contributed by atoms with E-state index in [-0.39, 0.29) is 33.9 Å². The molecular weight excluding hydrogens is 445 g/mol. The summed E-state index contributed by atoms with van der Waals surface area (Å²) in [5, 5.41) is 1.20. The molecule has 1 amide bonds. The number of piperazine rings is 1. The number of rotatable bonds is 3. The molecule has 1 aliphatic rings. The van der Waals surface area contributed by atoms with Crippen molar-refractivity contribution >= 4 is 50.0 Å². The maximum Gasteiger partial charge on any atom is 0.253 e. The molecule has 1 fully saturated rings. The first kappa shape index (κ1) is 21.2. The van der Waals surface area contributed by atoms with Gasteiger partial charge in [0.15, 0.2) is 0 Å². The lowest BCUT2D eigenvalue weighted by atomic mass is 10.1. The Kier molecular flexibility index (Phi) is 5.57. The van der Waals surface area contributed by atoms with Crippen molar-refractivity contribution < 1.29 is 13.2 Å². The number of fused-ring (bicyclic) bond motifs is 1. The summed E-state index contributed by atoms with van der Waals surface area (Å²) in [6, 6.07) is 10.2. The van der Waals surface area contributed by atoms with Crippen molar-refractivity contribution in [2.75, 3.05) is 26.2 Å². The predicted molar refractivity (Wildman–Crippen MR) is 119 cm³/mol. The highest BCUT2D eigenvalue weighted by atomic mass is 35.5. The minimum Gasteiger partial charge on any atom is -0.358 e. The standard InChI is InChI=1S/C21H21Cl2N3O3S/c1-13-14(2)24-19-7-6-15(12-16(13)19)21(27)25-8-10-26(11-9-25)30(28,29)20-17(22)4-3-5-18(20)23/h3-7,12,24H,8-11H2,1-2H3. The number of hydrogen-bond donors (Lipinski definition) is 1. The Morgan fingerprint density at radius 3 is 2.27 bits per heavy atom. The summed E-state index contributed by atoms with van der Waals surface area (Å²) in [4.78, 5) is 17.9. The van der Waals surface area contributed by atoms with Crippen LogP contribution in [0, 0.1) is 13.8 Å². The van der Waals surface area contributed by atoms with Crippen molar-refractivity contribution in [3.63, 3.8) is 0 Å². The monoisotopic (exact) mass is 465 g/mol. The molecule has 0 saturated carbocycles. The van der Waals surface area contributed by atoms with Crippen LogP contribution in [0.4, 0.5) is 0 Å². The molecule has 1 N–H and O–H groups in total. The first-order chi connectivity index (χ1) is 14.2. The number of aryl methyl sites for hydroxylation is 2. The van der Waals surface area contributed by atoms with Gasteiger partial charge in [-0.3, -0.25) is 4.79 Å². The van der Waals surface area contributed by atoms with Gasteiger partial charge in [0.1, 0.15) is 4.90 Å². The topological polar surface area (TPSA) is 73.5 Å². The highest BCUT2D eigenvalue weighted by molar-refractivity contribution is 7.89. The number of aromatic amines is 1. The Labute approximate surface area is 185 Å². The number of nitrogens with one attached hydrogen (secondary N) is 1. The zero-order valence-corrected chi connectivity index (χ0v) is 18.9. The predicted octanol–water partition coefficient (Wildman–Crippen LogP) is 4.24. The highest BCUT2D eigenvalue weighted by Crippen LogP contribution is 2.32. The van der Waals surface area contributed by atoms with E-state index in [1.807, 2.05) is 26.0 Å². The van der Waals surface area contributed by atoms with E-state index in [1.54, 1.807) is 17.0 Å². The third-order valence-corrected chi connectivity index (χ3v) is 8.45. The molecule has 0 spiro atoms. The van der Waals surface area contributed by atoms with Crippen molar-refractivity contribution in [1.29, 1.82) is 0 Å². The van der Waals surface area contributed by atoms with Crippen molar-refractivity contribution in [3.8, 4) is 0 Å². The largest absolute Gasteiger partial charge is 0.358 e. The van der Waals surface area contributed by atoms with Gasteiger partial charge in [-0.15, -0.1) is 0 Å². The van der Waals surface area contributed by atoms with E-state index in [9.17, 15) is 13.2 Å². The van der Waals surface area contributed by atoms with Crippen molar-refractivity contribution in [2.24, 2.45) is 0 Å². The second kappa shape index (κ2) is 7.89. The van der Waals surface area contributed by atoms with Gasteiger partial charge in [0, 0.05) is 48.3 Å². The van der Waals surface area contributed by atoms with Crippen LogP contribution in [0.25, 0.3) is 10.9 Å². The Bertz CT molecular complexity index is 1230. The van der Waals surface area contributed by atoms with Crippen LogP contribution in [0.5, 0.6) is 0 Å². The van der Waals surface area contributed by atoms with E-state index in [0.717, 1.165) is 22.2 Å². The highest BCUT2D eigenvalue weighted by Gasteiger charge is 2.33. The number of carbonyl (C=O) groups is 1. The normalized spacial score (nSPS) is 15.7. The zero-order valence-electron chi connectivity index (χ0n) is 16.6. The average Bonchev–Trinajstić information content (AvgIpc) is 3.00. The lowest BCUT2D eigenvalue weighted by Gasteiger charge is -2.34. The third kappa shape index (κ3) is 3.60. The first-order valence-electron chi connectivity index (χ1n) is 9.52. The Morgan fingerprint density at radius 1 is 1.00 bits per heavy atom. The maximum absolute atomic E-state index is 13.0. The summed E-state index contributed by atoms with van der Waals surface area (Å²) in [6.07, 6.45) is 0. The van der Waals surface area contributed by atoms with Crippen molar-refractivity contribution in [3.05, 3.63) is 63.3 Å². The molecule has 158 valence electrons. The lowest BCUT2D eigenvalue weighted by molar-refractivity contribution is 0.0698. The Balaban J connectivity index is 1.52. The lowest BCUT2D eigenvalue weighted by Crippen LogP contribution is -2.50.